The summed E-state index contributed by atoms with van der Waals surface area (Å²) in [6, 6.07) is 13.7. The topological polar surface area (TPSA) is 76.5 Å². The number of anilines is 2. The third-order valence-electron chi connectivity index (χ3n) is 5.39. The molecule has 7 nitrogen and oxygen atoms in total. The first-order chi connectivity index (χ1) is 15.4. The predicted octanol–water partition coefficient (Wildman–Crippen LogP) is 3.89. The van der Waals surface area contributed by atoms with Crippen LogP contribution in [0.5, 0.6) is 5.75 Å². The van der Waals surface area contributed by atoms with E-state index in [0.717, 1.165) is 12.8 Å². The lowest BCUT2D eigenvalue weighted by Crippen LogP contribution is -2.41. The van der Waals surface area contributed by atoms with E-state index in [0.29, 0.717) is 41.1 Å². The Kier molecular flexibility index (Phi) is 6.41. The van der Waals surface area contributed by atoms with Gasteiger partial charge in [0.05, 0.1) is 24.4 Å². The Labute approximate surface area is 189 Å². The standard InChI is InChI=1S/C23H22ClFN4O3/c1-32-20-9-4-16(24)13-19(20)26-23(31)15-3-2-12-28(14-15)21-10-11-22(30)29(27-21)18-7-5-17(25)6-8-18/h4-11,13,15H,2-3,12,14H2,1H3,(H,26,31)/t15-/m0/s1. The van der Waals surface area contributed by atoms with E-state index in [2.05, 4.69) is 10.4 Å². The highest BCUT2D eigenvalue weighted by Crippen LogP contribution is 2.29. The van der Waals surface area contributed by atoms with Crippen molar-refractivity contribution in [2.45, 2.75) is 12.8 Å². The van der Waals surface area contributed by atoms with E-state index in [-0.39, 0.29) is 23.2 Å². The molecule has 166 valence electrons. The molecule has 4 rings (SSSR count). The fourth-order valence-electron chi connectivity index (χ4n) is 3.75. The molecule has 0 saturated carbocycles. The number of methoxy groups -OCH3 is 1. The van der Waals surface area contributed by atoms with E-state index < -0.39 is 0 Å². The van der Waals surface area contributed by atoms with Gasteiger partial charge in [0.25, 0.3) is 5.56 Å². The summed E-state index contributed by atoms with van der Waals surface area (Å²) < 4.78 is 19.8. The van der Waals surface area contributed by atoms with Gasteiger partial charge in [0, 0.05) is 24.2 Å². The fourth-order valence-corrected chi connectivity index (χ4v) is 3.92. The zero-order valence-electron chi connectivity index (χ0n) is 17.4. The van der Waals surface area contributed by atoms with Crippen molar-refractivity contribution >= 4 is 29.0 Å². The lowest BCUT2D eigenvalue weighted by Gasteiger charge is -2.33. The number of nitrogens with one attached hydrogen (secondary N) is 1. The van der Waals surface area contributed by atoms with Crippen LogP contribution in [0.2, 0.25) is 5.02 Å². The van der Waals surface area contributed by atoms with E-state index in [1.54, 1.807) is 24.3 Å². The number of aromatic nitrogens is 2. The minimum Gasteiger partial charge on any atom is -0.495 e. The summed E-state index contributed by atoms with van der Waals surface area (Å²) in [5.41, 5.74) is 0.669. The van der Waals surface area contributed by atoms with Crippen LogP contribution in [0.15, 0.2) is 59.4 Å². The Morgan fingerprint density at radius 3 is 2.72 bits per heavy atom. The van der Waals surface area contributed by atoms with Gasteiger partial charge in [0.1, 0.15) is 17.4 Å². The van der Waals surface area contributed by atoms with Crippen LogP contribution >= 0.6 is 11.6 Å². The van der Waals surface area contributed by atoms with Crippen molar-refractivity contribution in [2.75, 3.05) is 30.4 Å². The van der Waals surface area contributed by atoms with Gasteiger partial charge in [-0.3, -0.25) is 9.59 Å². The summed E-state index contributed by atoms with van der Waals surface area (Å²) in [5, 5.41) is 7.86. The van der Waals surface area contributed by atoms with Crippen molar-refractivity contribution in [1.29, 1.82) is 0 Å². The van der Waals surface area contributed by atoms with Gasteiger partial charge in [-0.2, -0.15) is 4.68 Å². The largest absolute Gasteiger partial charge is 0.495 e. The lowest BCUT2D eigenvalue weighted by molar-refractivity contribution is -0.120. The number of amides is 1. The van der Waals surface area contributed by atoms with Crippen LogP contribution < -0.4 is 20.5 Å². The molecule has 1 aliphatic heterocycles. The van der Waals surface area contributed by atoms with Crippen LogP contribution in [0.25, 0.3) is 5.69 Å². The Balaban J connectivity index is 1.52. The molecule has 0 aliphatic carbocycles. The molecule has 1 fully saturated rings. The third kappa shape index (κ3) is 4.75. The highest BCUT2D eigenvalue weighted by atomic mass is 35.5. The molecule has 32 heavy (non-hydrogen) atoms. The van der Waals surface area contributed by atoms with Gasteiger partial charge in [-0.15, -0.1) is 5.10 Å². The summed E-state index contributed by atoms with van der Waals surface area (Å²) in [7, 11) is 1.53. The number of carbonyl (C=O) groups excluding carboxylic acids is 1. The molecule has 2 aromatic carbocycles. The zero-order chi connectivity index (χ0) is 22.7. The number of hydrogen-bond donors (Lipinski definition) is 1. The highest BCUT2D eigenvalue weighted by molar-refractivity contribution is 6.31. The SMILES string of the molecule is COc1ccc(Cl)cc1NC(=O)[C@H]1CCCN(c2ccc(=O)n(-c3ccc(F)cc3)n2)C1. The number of halogens is 2. The molecule has 1 aliphatic rings. The molecule has 0 unspecified atom stereocenters. The predicted molar refractivity (Wildman–Crippen MR) is 121 cm³/mol. The maximum Gasteiger partial charge on any atom is 0.271 e. The molecule has 9 heteroatoms. The van der Waals surface area contributed by atoms with Crippen molar-refractivity contribution in [3.63, 3.8) is 0 Å². The quantitative estimate of drug-likeness (QED) is 0.630. The van der Waals surface area contributed by atoms with Crippen LogP contribution in [0.3, 0.4) is 0 Å². The Bertz CT molecular complexity index is 1180. The van der Waals surface area contributed by atoms with Gasteiger partial charge in [0.15, 0.2) is 0 Å². The smallest absolute Gasteiger partial charge is 0.271 e. The minimum atomic E-state index is -0.390. The lowest BCUT2D eigenvalue weighted by atomic mass is 9.97. The first kappa shape index (κ1) is 21.8. The summed E-state index contributed by atoms with van der Waals surface area (Å²) in [5.74, 6) is 0.303. The average Bonchev–Trinajstić information content (AvgIpc) is 2.80. The van der Waals surface area contributed by atoms with Crippen molar-refractivity contribution < 1.29 is 13.9 Å². The molecule has 1 amide bonds. The van der Waals surface area contributed by atoms with Crippen LogP contribution in [-0.4, -0.2) is 35.9 Å². The zero-order valence-corrected chi connectivity index (χ0v) is 18.2. The summed E-state index contributed by atoms with van der Waals surface area (Å²) in [6.07, 6.45) is 1.52. The maximum atomic E-state index is 13.2. The number of carbonyl (C=O) groups is 1. The number of hydrogen-bond acceptors (Lipinski definition) is 5. The monoisotopic (exact) mass is 456 g/mol. The molecule has 2 heterocycles. The van der Waals surface area contributed by atoms with Gasteiger partial charge in [0.2, 0.25) is 5.91 Å². The van der Waals surface area contributed by atoms with E-state index in [4.69, 9.17) is 16.3 Å². The van der Waals surface area contributed by atoms with Crippen molar-refractivity contribution in [3.05, 3.63) is 75.8 Å². The van der Waals surface area contributed by atoms with E-state index in [1.807, 2.05) is 4.90 Å². The van der Waals surface area contributed by atoms with Gasteiger partial charge in [-0.1, -0.05) is 11.6 Å². The third-order valence-corrected chi connectivity index (χ3v) is 5.63. The van der Waals surface area contributed by atoms with Crippen LogP contribution in [0.1, 0.15) is 12.8 Å². The van der Waals surface area contributed by atoms with E-state index in [9.17, 15) is 14.0 Å². The molecular weight excluding hydrogens is 435 g/mol. The Morgan fingerprint density at radius 1 is 1.19 bits per heavy atom. The number of piperidine rings is 1. The fraction of sp³-hybridized carbons (Fsp3) is 0.261. The number of ether oxygens (including phenoxy) is 1. The van der Waals surface area contributed by atoms with Gasteiger partial charge >= 0.3 is 0 Å². The van der Waals surface area contributed by atoms with Gasteiger partial charge in [-0.05, 0) is 61.4 Å². The molecule has 1 aromatic heterocycles. The summed E-state index contributed by atoms with van der Waals surface area (Å²) >= 11 is 6.06. The minimum absolute atomic E-state index is 0.137. The van der Waals surface area contributed by atoms with Crippen molar-refractivity contribution in [2.24, 2.45) is 5.92 Å². The molecule has 0 radical (unpaired) electrons. The average molecular weight is 457 g/mol. The van der Waals surface area contributed by atoms with Gasteiger partial charge in [-0.25, -0.2) is 4.39 Å². The summed E-state index contributed by atoms with van der Waals surface area (Å²) in [4.78, 5) is 27.2. The second-order valence-corrected chi connectivity index (χ2v) is 7.97. The Hall–Kier alpha value is -3.39. The van der Waals surface area contributed by atoms with E-state index in [1.165, 1.54) is 42.1 Å². The van der Waals surface area contributed by atoms with Crippen LogP contribution in [-0.2, 0) is 4.79 Å². The number of nitrogens with zero attached hydrogens (tertiary/aromatic N) is 3. The first-order valence-corrected chi connectivity index (χ1v) is 10.6. The summed E-state index contributed by atoms with van der Waals surface area (Å²) in [6.45, 7) is 1.15. The van der Waals surface area contributed by atoms with Crippen LogP contribution in [0, 0.1) is 11.7 Å². The highest BCUT2D eigenvalue weighted by Gasteiger charge is 2.27. The normalized spacial score (nSPS) is 16.0. The molecule has 1 atom stereocenters. The van der Waals surface area contributed by atoms with Gasteiger partial charge < -0.3 is 15.0 Å². The molecular formula is C23H22ClFN4O3. The number of rotatable bonds is 5. The Morgan fingerprint density at radius 2 is 1.97 bits per heavy atom. The van der Waals surface area contributed by atoms with Crippen molar-refractivity contribution in [1.82, 2.24) is 9.78 Å². The molecule has 3 aromatic rings. The van der Waals surface area contributed by atoms with Crippen LogP contribution in [0.4, 0.5) is 15.9 Å². The van der Waals surface area contributed by atoms with Crippen molar-refractivity contribution in [3.8, 4) is 11.4 Å². The molecule has 1 N–H and O–H groups in total. The molecule has 1 saturated heterocycles. The maximum absolute atomic E-state index is 13.2. The number of benzene rings is 2. The molecule has 0 spiro atoms. The second-order valence-electron chi connectivity index (χ2n) is 7.54. The second kappa shape index (κ2) is 9.40. The van der Waals surface area contributed by atoms with E-state index >= 15 is 0 Å². The first-order valence-electron chi connectivity index (χ1n) is 10.2. The molecule has 0 bridgehead atoms.